The van der Waals surface area contributed by atoms with Crippen molar-refractivity contribution < 1.29 is 15.1 Å². The van der Waals surface area contributed by atoms with Crippen molar-refractivity contribution in [1.82, 2.24) is 0 Å². The SMILES string of the molecule is C.C.C.O.O=C=O.O=O.O=O. The zero-order chi connectivity index (χ0) is 6.71. The second-order valence-corrected chi connectivity index (χ2v) is 0.0833. The van der Waals surface area contributed by atoms with E-state index in [1.54, 1.807) is 0 Å². The highest BCUT2D eigenvalue weighted by Gasteiger charge is 1.13. The number of carbonyl (C=O) groups excluding carboxylic acids is 2. The van der Waals surface area contributed by atoms with Crippen LogP contribution in [0.5, 0.6) is 0 Å². The van der Waals surface area contributed by atoms with Crippen molar-refractivity contribution in [1.29, 1.82) is 0 Å². The lowest BCUT2D eigenvalue weighted by atomic mass is 11.8. The number of rotatable bonds is 0. The van der Waals surface area contributed by atoms with E-state index >= 15 is 0 Å². The third-order valence-electron chi connectivity index (χ3n) is 0. The van der Waals surface area contributed by atoms with Crippen molar-refractivity contribution in [2.75, 3.05) is 0 Å². The van der Waals surface area contributed by atoms with Crippen LogP contribution in [0, 0.1) is 19.9 Å². The molecule has 0 aliphatic rings. The Morgan fingerprint density at radius 3 is 0.636 bits per heavy atom. The molecule has 0 fully saturated rings. The maximum absolute atomic E-state index is 8.12. The van der Waals surface area contributed by atoms with Gasteiger partial charge in [0.2, 0.25) is 0 Å². The summed E-state index contributed by atoms with van der Waals surface area (Å²) in [6, 6.07) is 0. The molecule has 0 aromatic heterocycles. The first-order valence-electron chi connectivity index (χ1n) is 0.742. The topological polar surface area (TPSA) is 134 Å². The fourth-order valence-corrected chi connectivity index (χ4v) is 0. The van der Waals surface area contributed by atoms with Crippen LogP contribution in [0.25, 0.3) is 0 Å². The van der Waals surface area contributed by atoms with Crippen LogP contribution in [0.4, 0.5) is 0 Å². The van der Waals surface area contributed by atoms with Gasteiger partial charge in [0, 0.05) is 19.9 Å². The van der Waals surface area contributed by atoms with Gasteiger partial charge in [0.25, 0.3) is 0 Å². The first kappa shape index (κ1) is 108. The molecule has 0 radical (unpaired) electrons. The molecule has 0 rings (SSSR count). The average molecular weight is 174 g/mol. The van der Waals surface area contributed by atoms with Gasteiger partial charge < -0.3 is 5.48 Å². The van der Waals surface area contributed by atoms with Crippen molar-refractivity contribution in [3.05, 3.63) is 19.9 Å². The molecule has 7 nitrogen and oxygen atoms in total. The fourth-order valence-electron chi connectivity index (χ4n) is 0. The molecule has 11 heavy (non-hydrogen) atoms. The molecule has 72 valence electrons. The summed E-state index contributed by atoms with van der Waals surface area (Å²) in [6.07, 6.45) is 0.250. The molecule has 2 N–H and O–H groups in total. The summed E-state index contributed by atoms with van der Waals surface area (Å²) >= 11 is 0. The Balaban J connectivity index is -0.00000000378. The first-order chi connectivity index (χ1) is 3.41. The molecule has 0 saturated carbocycles. The molecule has 0 aliphatic heterocycles. The maximum atomic E-state index is 8.12. The van der Waals surface area contributed by atoms with Crippen molar-refractivity contribution in [2.24, 2.45) is 0 Å². The van der Waals surface area contributed by atoms with Gasteiger partial charge in [0.1, 0.15) is 0 Å². The molecular formula is C4H14O7. The number of hydrogen-bond donors (Lipinski definition) is 0. The normalized spacial score (nSPS) is 1.45. The molecule has 0 amide bonds. The predicted molar refractivity (Wildman–Crippen MR) is 42.3 cm³/mol. The van der Waals surface area contributed by atoms with Gasteiger partial charge in [-0.05, 0) is 0 Å². The fraction of sp³-hybridized carbons (Fsp3) is 0.750. The highest BCUT2D eigenvalue weighted by atomic mass is 16.7. The van der Waals surface area contributed by atoms with E-state index in [9.17, 15) is 0 Å². The summed E-state index contributed by atoms with van der Waals surface area (Å²) in [5.74, 6) is 0. The molecule has 0 aromatic rings. The van der Waals surface area contributed by atoms with Gasteiger partial charge >= 0.3 is 6.15 Å². The van der Waals surface area contributed by atoms with Crippen LogP contribution in [-0.2, 0) is 9.59 Å². The summed E-state index contributed by atoms with van der Waals surface area (Å²) in [7, 11) is 0. The number of hydrogen-bond acceptors (Lipinski definition) is 6. The zero-order valence-corrected chi connectivity index (χ0v) is 3.45. The molecule has 0 aromatic carbocycles. The summed E-state index contributed by atoms with van der Waals surface area (Å²) in [5, 5.41) is 0. The molecule has 0 saturated heterocycles. The molecule has 7 heteroatoms. The van der Waals surface area contributed by atoms with Crippen molar-refractivity contribution in [2.45, 2.75) is 22.3 Å². The molecule has 0 atom stereocenters. The van der Waals surface area contributed by atoms with Crippen LogP contribution in [0.15, 0.2) is 0 Å². The Kier molecular flexibility index (Phi) is 22500. The standard InChI is InChI=1S/CO2.3CH4.2O2.H2O/c2-1-3;;;;2*1-2;/h;3*1H4;;;1H2. The summed E-state index contributed by atoms with van der Waals surface area (Å²) < 4.78 is 0. The molecular weight excluding hydrogens is 160 g/mol. The van der Waals surface area contributed by atoms with Gasteiger partial charge in [-0.2, -0.15) is 9.59 Å². The second kappa shape index (κ2) is 2290. The van der Waals surface area contributed by atoms with Crippen LogP contribution < -0.4 is 0 Å². The smallest absolute Gasteiger partial charge is 0.373 e. The second-order valence-electron chi connectivity index (χ2n) is 0.0833. The van der Waals surface area contributed by atoms with Crippen molar-refractivity contribution in [3.8, 4) is 0 Å². The minimum absolute atomic E-state index is 0. The molecule has 0 heterocycles. The third-order valence-corrected chi connectivity index (χ3v) is 0. The van der Waals surface area contributed by atoms with Crippen LogP contribution in [0.1, 0.15) is 22.3 Å². The summed E-state index contributed by atoms with van der Waals surface area (Å²) in [5.41, 5.74) is 0. The molecule has 0 unspecified atom stereocenters. The van der Waals surface area contributed by atoms with E-state index in [0.29, 0.717) is 0 Å². The van der Waals surface area contributed by atoms with E-state index in [0.717, 1.165) is 0 Å². The van der Waals surface area contributed by atoms with E-state index in [2.05, 4.69) is 0 Å². The Morgan fingerprint density at radius 2 is 0.636 bits per heavy atom. The lowest BCUT2D eigenvalue weighted by Crippen LogP contribution is -1.22. The predicted octanol–water partition coefficient (Wildman–Crippen LogP) is 0.634. The Morgan fingerprint density at radius 1 is 0.636 bits per heavy atom. The van der Waals surface area contributed by atoms with Gasteiger partial charge in [-0.1, -0.05) is 22.3 Å². The maximum Gasteiger partial charge on any atom is 0.373 e. The monoisotopic (exact) mass is 174 g/mol. The Bertz CT molecular complexity index is 46.4. The molecule has 0 aliphatic carbocycles. The van der Waals surface area contributed by atoms with E-state index in [1.165, 1.54) is 0 Å². The highest BCUT2D eigenvalue weighted by molar-refractivity contribution is 5.20. The van der Waals surface area contributed by atoms with Gasteiger partial charge in [-0.15, -0.1) is 0 Å². The average Bonchev–Trinajstić information content (AvgIpc) is 1.78. The lowest BCUT2D eigenvalue weighted by molar-refractivity contribution is -0.191. The van der Waals surface area contributed by atoms with Gasteiger partial charge in [0.15, 0.2) is 0 Å². The highest BCUT2D eigenvalue weighted by Crippen LogP contribution is 0.787. The zero-order valence-electron chi connectivity index (χ0n) is 3.45. The minimum atomic E-state index is 0. The molecule has 0 spiro atoms. The quantitative estimate of drug-likeness (QED) is 0.528. The van der Waals surface area contributed by atoms with Crippen LogP contribution in [-0.4, -0.2) is 11.6 Å². The van der Waals surface area contributed by atoms with E-state index in [-0.39, 0.29) is 33.9 Å². The largest absolute Gasteiger partial charge is 0.412 e. The van der Waals surface area contributed by atoms with Crippen LogP contribution in [0.3, 0.4) is 0 Å². The van der Waals surface area contributed by atoms with Gasteiger partial charge in [-0.3, -0.25) is 0 Å². The Labute approximate surface area is 64.5 Å². The van der Waals surface area contributed by atoms with E-state index in [1.807, 2.05) is 0 Å². The van der Waals surface area contributed by atoms with Gasteiger partial charge in [-0.25, -0.2) is 0 Å². The first-order valence-corrected chi connectivity index (χ1v) is 0.742. The van der Waals surface area contributed by atoms with E-state index in [4.69, 9.17) is 29.4 Å². The summed E-state index contributed by atoms with van der Waals surface area (Å²) in [4.78, 5) is 44.2. The Hall–Kier alpha value is -1.46. The van der Waals surface area contributed by atoms with Crippen molar-refractivity contribution in [3.63, 3.8) is 0 Å². The van der Waals surface area contributed by atoms with Crippen LogP contribution in [0.2, 0.25) is 0 Å². The summed E-state index contributed by atoms with van der Waals surface area (Å²) in [6.45, 7) is 0. The minimum Gasteiger partial charge on any atom is -0.412 e. The third kappa shape index (κ3) is 171. The van der Waals surface area contributed by atoms with Crippen molar-refractivity contribution >= 4 is 6.15 Å². The molecule has 0 bridgehead atoms. The van der Waals surface area contributed by atoms with Crippen LogP contribution >= 0.6 is 0 Å². The van der Waals surface area contributed by atoms with E-state index < -0.39 is 0 Å². The lowest BCUT2D eigenvalue weighted by Gasteiger charge is -0.945. The van der Waals surface area contributed by atoms with Gasteiger partial charge in [0.05, 0.1) is 0 Å².